The van der Waals surface area contributed by atoms with Crippen molar-refractivity contribution in [1.29, 1.82) is 0 Å². The fourth-order valence-corrected chi connectivity index (χ4v) is 2.51. The number of hydrogen-bond donors (Lipinski definition) is 3. The van der Waals surface area contributed by atoms with Crippen LogP contribution >= 0.6 is 0 Å². The minimum Gasteiger partial charge on any atom is -0.330 e. The maximum Gasteiger partial charge on any atom is 0.212 e. The number of nitrogens with one attached hydrogen (secondary N) is 2. The Balaban J connectivity index is 2.54. The van der Waals surface area contributed by atoms with Crippen LogP contribution in [0.5, 0.6) is 0 Å². The van der Waals surface area contributed by atoms with Crippen LogP contribution < -0.4 is 10.5 Å². The zero-order valence-electron chi connectivity index (χ0n) is 8.60. The highest BCUT2D eigenvalue weighted by molar-refractivity contribution is 7.89. The molecule has 1 heterocycles. The van der Waals surface area contributed by atoms with Crippen LogP contribution in [-0.4, -0.2) is 30.9 Å². The molecule has 1 aromatic heterocycles. The summed E-state index contributed by atoms with van der Waals surface area (Å²) < 4.78 is 25.5. The predicted molar refractivity (Wildman–Crippen MR) is 57.6 cm³/mol. The Labute approximate surface area is 89.3 Å². The Morgan fingerprint density at radius 1 is 1.67 bits per heavy atom. The lowest BCUT2D eigenvalue weighted by Gasteiger charge is -2.11. The first-order valence-corrected chi connectivity index (χ1v) is 6.39. The molecule has 7 heteroatoms. The van der Waals surface area contributed by atoms with E-state index in [2.05, 4.69) is 14.9 Å². The fourth-order valence-electron chi connectivity index (χ4n) is 1.17. The van der Waals surface area contributed by atoms with Gasteiger partial charge in [0.2, 0.25) is 10.0 Å². The van der Waals surface area contributed by atoms with Gasteiger partial charge < -0.3 is 5.73 Å². The molecular weight excluding hydrogens is 216 g/mol. The van der Waals surface area contributed by atoms with Gasteiger partial charge in [-0.05, 0) is 19.9 Å². The van der Waals surface area contributed by atoms with Gasteiger partial charge in [-0.1, -0.05) is 0 Å². The second kappa shape index (κ2) is 5.24. The van der Waals surface area contributed by atoms with E-state index in [1.165, 1.54) is 0 Å². The first-order valence-electron chi connectivity index (χ1n) is 4.74. The Bertz CT molecular complexity index is 373. The zero-order valence-corrected chi connectivity index (χ0v) is 9.42. The van der Waals surface area contributed by atoms with Crippen LogP contribution in [0.3, 0.4) is 0 Å². The van der Waals surface area contributed by atoms with Crippen molar-refractivity contribution in [2.24, 2.45) is 5.73 Å². The molecule has 6 nitrogen and oxygen atoms in total. The van der Waals surface area contributed by atoms with Crippen molar-refractivity contribution >= 4 is 10.0 Å². The van der Waals surface area contributed by atoms with Gasteiger partial charge in [-0.15, -0.1) is 0 Å². The lowest BCUT2D eigenvalue weighted by atomic mass is 10.2. The number of nitrogens with zero attached hydrogens (tertiary/aromatic N) is 1. The average molecular weight is 232 g/mol. The summed E-state index contributed by atoms with van der Waals surface area (Å²) in [5, 5.41) is 6.39. The summed E-state index contributed by atoms with van der Waals surface area (Å²) in [5.74, 6) is 0.0612. The molecule has 86 valence electrons. The maximum absolute atomic E-state index is 11.5. The third kappa shape index (κ3) is 3.98. The van der Waals surface area contributed by atoms with E-state index >= 15 is 0 Å². The van der Waals surface area contributed by atoms with E-state index in [1.54, 1.807) is 19.3 Å². The quantitative estimate of drug-likeness (QED) is 0.629. The molecule has 0 aliphatic carbocycles. The lowest BCUT2D eigenvalue weighted by Crippen LogP contribution is -2.29. The first-order chi connectivity index (χ1) is 7.05. The van der Waals surface area contributed by atoms with Crippen molar-refractivity contribution in [2.45, 2.75) is 19.4 Å². The molecule has 15 heavy (non-hydrogen) atoms. The smallest absolute Gasteiger partial charge is 0.212 e. The molecule has 0 amide bonds. The molecule has 0 fully saturated rings. The zero-order chi connectivity index (χ0) is 11.3. The fraction of sp³-hybridized carbons (Fsp3) is 0.625. The number of sulfonamides is 1. The van der Waals surface area contributed by atoms with Crippen LogP contribution in [0.1, 0.15) is 24.9 Å². The van der Waals surface area contributed by atoms with Crippen LogP contribution in [0.25, 0.3) is 0 Å². The molecule has 0 spiro atoms. The van der Waals surface area contributed by atoms with Crippen LogP contribution in [0, 0.1) is 0 Å². The Morgan fingerprint density at radius 3 is 2.93 bits per heavy atom. The van der Waals surface area contributed by atoms with Gasteiger partial charge in [0.15, 0.2) is 0 Å². The summed E-state index contributed by atoms with van der Waals surface area (Å²) in [6.07, 6.45) is 3.72. The summed E-state index contributed by atoms with van der Waals surface area (Å²) in [4.78, 5) is 0. The third-order valence-electron chi connectivity index (χ3n) is 1.99. The highest BCUT2D eigenvalue weighted by Crippen LogP contribution is 2.10. The molecule has 1 atom stereocenters. The van der Waals surface area contributed by atoms with Gasteiger partial charge in [-0.25, -0.2) is 13.1 Å². The Hall–Kier alpha value is -0.920. The summed E-state index contributed by atoms with van der Waals surface area (Å²) in [6.45, 7) is 2.14. The van der Waals surface area contributed by atoms with Gasteiger partial charge in [0.25, 0.3) is 0 Å². The first kappa shape index (κ1) is 12.2. The highest BCUT2D eigenvalue weighted by atomic mass is 32.2. The minimum atomic E-state index is -3.24. The molecule has 0 bridgehead atoms. The number of aromatic nitrogens is 2. The van der Waals surface area contributed by atoms with E-state index in [0.717, 1.165) is 5.56 Å². The van der Waals surface area contributed by atoms with Crippen molar-refractivity contribution in [2.75, 3.05) is 12.3 Å². The minimum absolute atomic E-state index is 0.0612. The normalized spacial score (nSPS) is 14.0. The van der Waals surface area contributed by atoms with Gasteiger partial charge in [0.05, 0.1) is 11.9 Å². The topological polar surface area (TPSA) is 101 Å². The molecular formula is C8H16N4O2S. The van der Waals surface area contributed by atoms with E-state index in [9.17, 15) is 8.42 Å². The SMILES string of the molecule is CC(NS(=O)(=O)CCCN)c1cn[nH]c1. The average Bonchev–Trinajstić information content (AvgIpc) is 2.67. The molecule has 4 N–H and O–H groups in total. The Kier molecular flexibility index (Phi) is 4.25. The van der Waals surface area contributed by atoms with E-state index in [0.29, 0.717) is 13.0 Å². The van der Waals surface area contributed by atoms with Crippen LogP contribution in [0.4, 0.5) is 0 Å². The highest BCUT2D eigenvalue weighted by Gasteiger charge is 2.15. The predicted octanol–water partition coefficient (Wildman–Crippen LogP) is -0.261. The molecule has 0 saturated heterocycles. The lowest BCUT2D eigenvalue weighted by molar-refractivity contribution is 0.564. The number of nitrogens with two attached hydrogens (primary N) is 1. The van der Waals surface area contributed by atoms with Gasteiger partial charge in [0.1, 0.15) is 0 Å². The van der Waals surface area contributed by atoms with Crippen molar-refractivity contribution < 1.29 is 8.42 Å². The van der Waals surface area contributed by atoms with E-state index in [4.69, 9.17) is 5.73 Å². The molecule has 1 rings (SSSR count). The van der Waals surface area contributed by atoms with E-state index in [1.807, 2.05) is 0 Å². The summed E-state index contributed by atoms with van der Waals surface area (Å²) >= 11 is 0. The van der Waals surface area contributed by atoms with Crippen molar-refractivity contribution in [1.82, 2.24) is 14.9 Å². The number of rotatable bonds is 6. The Morgan fingerprint density at radius 2 is 2.40 bits per heavy atom. The number of aromatic amines is 1. The summed E-state index contributed by atoms with van der Waals surface area (Å²) in [6, 6.07) is -0.272. The molecule has 0 saturated carbocycles. The molecule has 0 aliphatic rings. The molecule has 0 aromatic carbocycles. The largest absolute Gasteiger partial charge is 0.330 e. The van der Waals surface area contributed by atoms with Crippen LogP contribution in [0.15, 0.2) is 12.4 Å². The third-order valence-corrected chi connectivity index (χ3v) is 3.53. The van der Waals surface area contributed by atoms with Crippen molar-refractivity contribution in [3.8, 4) is 0 Å². The molecule has 0 radical (unpaired) electrons. The van der Waals surface area contributed by atoms with E-state index < -0.39 is 10.0 Å². The van der Waals surface area contributed by atoms with Gasteiger partial charge in [-0.3, -0.25) is 5.10 Å². The summed E-state index contributed by atoms with van der Waals surface area (Å²) in [7, 11) is -3.24. The second-order valence-corrected chi connectivity index (χ2v) is 5.21. The monoisotopic (exact) mass is 232 g/mol. The van der Waals surface area contributed by atoms with E-state index in [-0.39, 0.29) is 11.8 Å². The van der Waals surface area contributed by atoms with Crippen LogP contribution in [0.2, 0.25) is 0 Å². The van der Waals surface area contributed by atoms with Crippen LogP contribution in [-0.2, 0) is 10.0 Å². The van der Waals surface area contributed by atoms with Gasteiger partial charge in [-0.2, -0.15) is 5.10 Å². The van der Waals surface area contributed by atoms with Gasteiger partial charge >= 0.3 is 0 Å². The second-order valence-electron chi connectivity index (χ2n) is 3.33. The molecule has 0 aliphatic heterocycles. The number of hydrogen-bond acceptors (Lipinski definition) is 4. The summed E-state index contributed by atoms with van der Waals surface area (Å²) in [5.41, 5.74) is 6.07. The van der Waals surface area contributed by atoms with Crippen molar-refractivity contribution in [3.05, 3.63) is 18.0 Å². The number of H-pyrrole nitrogens is 1. The molecule has 1 aromatic rings. The standard InChI is InChI=1S/C8H16N4O2S/c1-7(8-5-10-11-6-8)12-15(13,14)4-2-3-9/h5-7,12H,2-4,9H2,1H3,(H,10,11). The molecule has 1 unspecified atom stereocenters. The van der Waals surface area contributed by atoms with Crippen molar-refractivity contribution in [3.63, 3.8) is 0 Å². The van der Waals surface area contributed by atoms with Gasteiger partial charge in [0, 0.05) is 17.8 Å². The maximum atomic E-state index is 11.5.